The van der Waals surface area contributed by atoms with Gasteiger partial charge in [-0.3, -0.25) is 9.19 Å². The van der Waals surface area contributed by atoms with Gasteiger partial charge in [0, 0.05) is 48.6 Å². The topological polar surface area (TPSA) is 111 Å². The second kappa shape index (κ2) is 9.19. The van der Waals surface area contributed by atoms with Crippen molar-refractivity contribution < 1.29 is 18.2 Å². The molecule has 3 rings (SSSR count). The zero-order valence-corrected chi connectivity index (χ0v) is 16.8. The highest BCUT2D eigenvalue weighted by Gasteiger charge is 2.24. The van der Waals surface area contributed by atoms with E-state index in [1.165, 1.54) is 0 Å². The quantitative estimate of drug-likeness (QED) is 0.705. The van der Waals surface area contributed by atoms with Crippen LogP contribution in [-0.2, 0) is 11.3 Å². The summed E-state index contributed by atoms with van der Waals surface area (Å²) >= 11 is -2.21. The first-order chi connectivity index (χ1) is 13.6. The van der Waals surface area contributed by atoms with Gasteiger partial charge >= 0.3 is 0 Å². The van der Waals surface area contributed by atoms with Gasteiger partial charge < -0.3 is 18.9 Å². The summed E-state index contributed by atoms with van der Waals surface area (Å²) in [6.07, 6.45) is 4.29. The first-order valence-electron chi connectivity index (χ1n) is 9.10. The number of nitrogens with one attached hydrogen (secondary N) is 1. The number of nitriles is 1. The molecule has 0 radical (unpaired) electrons. The molecule has 0 spiro atoms. The number of nitrogens with zero attached hydrogens (tertiary/aromatic N) is 3. The van der Waals surface area contributed by atoms with Crippen molar-refractivity contribution >= 4 is 27.9 Å². The second-order valence-electron chi connectivity index (χ2n) is 6.70. The second-order valence-corrected chi connectivity index (χ2v) is 7.46. The lowest BCUT2D eigenvalue weighted by molar-refractivity contribution is 0.355. The summed E-state index contributed by atoms with van der Waals surface area (Å²) in [5.74, 6) is 1.65. The first-order valence-corrected chi connectivity index (χ1v) is 10.2. The highest BCUT2D eigenvalue weighted by molar-refractivity contribution is 7.77. The van der Waals surface area contributed by atoms with Gasteiger partial charge in [0.25, 0.3) is 0 Å². The van der Waals surface area contributed by atoms with Gasteiger partial charge in [-0.1, -0.05) is 0 Å². The minimum atomic E-state index is -2.21. The number of benzene rings is 1. The van der Waals surface area contributed by atoms with Crippen LogP contribution in [0.4, 0.5) is 5.69 Å². The number of piperidine rings is 1. The highest BCUT2D eigenvalue weighted by atomic mass is 32.2. The molecule has 9 heteroatoms. The molecule has 1 saturated heterocycles. The summed E-state index contributed by atoms with van der Waals surface area (Å²) in [5, 5.41) is 10.5. The van der Waals surface area contributed by atoms with Crippen molar-refractivity contribution in [1.82, 2.24) is 9.71 Å². The van der Waals surface area contributed by atoms with E-state index in [2.05, 4.69) is 20.7 Å². The van der Waals surface area contributed by atoms with Crippen molar-refractivity contribution in [2.45, 2.75) is 19.3 Å². The van der Waals surface area contributed by atoms with Gasteiger partial charge in [-0.05, 0) is 31.2 Å². The van der Waals surface area contributed by atoms with E-state index >= 15 is 0 Å². The molecule has 0 amide bonds. The van der Waals surface area contributed by atoms with Crippen LogP contribution >= 0.6 is 0 Å². The van der Waals surface area contributed by atoms with E-state index in [0.717, 1.165) is 48.9 Å². The fourth-order valence-corrected chi connectivity index (χ4v) is 4.00. The molecule has 8 nitrogen and oxygen atoms in total. The standard InChI is InChI=1S/C19H24N4O4S/c1-26-17-9-15-16(10-18(17)27-2)21-12-14(11-20)19(15)23-7-4-13(5-8-23)3-6-22-28(24)25/h9-10,12-13,22H,3-8H2,1-2H3,(H,24,25)/p-1. The molecule has 150 valence electrons. The van der Waals surface area contributed by atoms with Crippen molar-refractivity contribution in [3.8, 4) is 17.6 Å². The SMILES string of the molecule is COc1cc2ncc(C#N)c(N3CCC(CCNS(=O)[O-])CC3)c2cc1OC. The van der Waals surface area contributed by atoms with E-state index in [0.29, 0.717) is 29.5 Å². The van der Waals surface area contributed by atoms with Crippen molar-refractivity contribution in [3.63, 3.8) is 0 Å². The van der Waals surface area contributed by atoms with Crippen LogP contribution in [0.2, 0.25) is 0 Å². The lowest BCUT2D eigenvalue weighted by atomic mass is 9.92. The van der Waals surface area contributed by atoms with Crippen LogP contribution in [-0.4, -0.2) is 47.6 Å². The zero-order chi connectivity index (χ0) is 20.1. The number of aromatic nitrogens is 1. The van der Waals surface area contributed by atoms with E-state index in [4.69, 9.17) is 9.47 Å². The predicted molar refractivity (Wildman–Crippen MR) is 106 cm³/mol. The van der Waals surface area contributed by atoms with Crippen LogP contribution in [0, 0.1) is 17.2 Å². The van der Waals surface area contributed by atoms with Gasteiger partial charge in [-0.25, -0.2) is 4.72 Å². The Kier molecular flexibility index (Phi) is 6.67. The molecule has 1 aliphatic heterocycles. The maximum Gasteiger partial charge on any atom is 0.162 e. The Balaban J connectivity index is 1.86. The molecule has 1 aromatic heterocycles. The van der Waals surface area contributed by atoms with Gasteiger partial charge in [-0.15, -0.1) is 0 Å². The van der Waals surface area contributed by atoms with Crippen molar-refractivity contribution in [3.05, 3.63) is 23.9 Å². The summed E-state index contributed by atoms with van der Waals surface area (Å²) in [4.78, 5) is 6.62. The monoisotopic (exact) mass is 403 g/mol. The average Bonchev–Trinajstić information content (AvgIpc) is 2.72. The Morgan fingerprint density at radius 2 is 2.00 bits per heavy atom. The molecule has 0 aliphatic carbocycles. The molecular formula is C19H23N4O4S-. The summed E-state index contributed by atoms with van der Waals surface area (Å²) in [6.45, 7) is 2.06. The van der Waals surface area contributed by atoms with E-state index in [9.17, 15) is 14.0 Å². The van der Waals surface area contributed by atoms with E-state index in [1.54, 1.807) is 20.4 Å². The van der Waals surface area contributed by atoms with Crippen LogP contribution in [0.15, 0.2) is 18.3 Å². The van der Waals surface area contributed by atoms with Gasteiger partial charge in [0.2, 0.25) is 0 Å². The number of ether oxygens (including phenoxy) is 2. The third-order valence-corrected chi connectivity index (χ3v) is 5.61. The number of hydrogen-bond acceptors (Lipinski definition) is 7. The number of fused-ring (bicyclic) bond motifs is 1. The molecule has 0 saturated carbocycles. The summed E-state index contributed by atoms with van der Waals surface area (Å²) < 4.78 is 34.4. The van der Waals surface area contributed by atoms with Crippen molar-refractivity contribution in [1.29, 1.82) is 5.26 Å². The zero-order valence-electron chi connectivity index (χ0n) is 15.9. The number of anilines is 1. The molecular weight excluding hydrogens is 380 g/mol. The summed E-state index contributed by atoms with van der Waals surface area (Å²) in [6, 6.07) is 5.95. The van der Waals surface area contributed by atoms with E-state index in [-0.39, 0.29) is 0 Å². The Morgan fingerprint density at radius 3 is 2.61 bits per heavy atom. The number of pyridine rings is 1. The van der Waals surface area contributed by atoms with Crippen molar-refractivity contribution in [2.75, 3.05) is 38.8 Å². The highest BCUT2D eigenvalue weighted by Crippen LogP contribution is 2.38. The summed E-state index contributed by atoms with van der Waals surface area (Å²) in [5.41, 5.74) is 2.14. The minimum absolute atomic E-state index is 0.458. The Hall–Kier alpha value is -2.41. The lowest BCUT2D eigenvalue weighted by Gasteiger charge is -2.35. The number of rotatable bonds is 7. The largest absolute Gasteiger partial charge is 0.760 e. The Labute approximate surface area is 166 Å². The molecule has 28 heavy (non-hydrogen) atoms. The third kappa shape index (κ3) is 4.35. The first kappa shape index (κ1) is 20.3. The van der Waals surface area contributed by atoms with Crippen LogP contribution in [0.5, 0.6) is 11.5 Å². The lowest BCUT2D eigenvalue weighted by Crippen LogP contribution is -2.35. The maximum absolute atomic E-state index is 10.6. The van der Waals surface area contributed by atoms with Gasteiger partial charge in [0.1, 0.15) is 6.07 Å². The normalized spacial score (nSPS) is 16.0. The molecule has 2 heterocycles. The number of methoxy groups -OCH3 is 2. The van der Waals surface area contributed by atoms with Crippen LogP contribution < -0.4 is 19.1 Å². The van der Waals surface area contributed by atoms with Crippen LogP contribution in [0.3, 0.4) is 0 Å². The van der Waals surface area contributed by atoms with Crippen LogP contribution in [0.1, 0.15) is 24.8 Å². The van der Waals surface area contributed by atoms with Gasteiger partial charge in [0.15, 0.2) is 11.5 Å². The Bertz CT molecular complexity index is 907. The molecule has 0 bridgehead atoms. The fraction of sp³-hybridized carbons (Fsp3) is 0.474. The molecule has 1 unspecified atom stereocenters. The third-order valence-electron chi connectivity index (χ3n) is 5.17. The molecule has 1 aliphatic rings. The smallest absolute Gasteiger partial charge is 0.162 e. The van der Waals surface area contributed by atoms with Crippen molar-refractivity contribution in [2.24, 2.45) is 5.92 Å². The van der Waals surface area contributed by atoms with Gasteiger partial charge in [-0.2, -0.15) is 5.26 Å². The fourth-order valence-electron chi connectivity index (χ4n) is 3.72. The number of hydrogen-bond donors (Lipinski definition) is 1. The summed E-state index contributed by atoms with van der Waals surface area (Å²) in [7, 11) is 3.16. The Morgan fingerprint density at radius 1 is 1.32 bits per heavy atom. The molecule has 1 aromatic carbocycles. The predicted octanol–water partition coefficient (Wildman–Crippen LogP) is 2.11. The average molecular weight is 403 g/mol. The van der Waals surface area contributed by atoms with Gasteiger partial charge in [0.05, 0.1) is 31.0 Å². The van der Waals surface area contributed by atoms with E-state index < -0.39 is 11.3 Å². The molecule has 1 fully saturated rings. The minimum Gasteiger partial charge on any atom is -0.760 e. The van der Waals surface area contributed by atoms with E-state index in [1.807, 2.05) is 12.1 Å². The molecule has 2 aromatic rings. The maximum atomic E-state index is 10.6. The van der Waals surface area contributed by atoms with Crippen LogP contribution in [0.25, 0.3) is 10.9 Å². The molecule has 1 N–H and O–H groups in total. The molecule has 1 atom stereocenters.